The van der Waals surface area contributed by atoms with Gasteiger partial charge in [-0.1, -0.05) is 13.3 Å². The van der Waals surface area contributed by atoms with E-state index in [4.69, 9.17) is 4.98 Å². The van der Waals surface area contributed by atoms with Crippen LogP contribution in [0, 0.1) is 5.41 Å². The number of nitrogens with one attached hydrogen (secondary N) is 1. The number of hydrogen-bond donors (Lipinski definition) is 2. The minimum absolute atomic E-state index is 0.0498. The number of aliphatic hydroxyl groups excluding tert-OH is 1. The van der Waals surface area contributed by atoms with E-state index in [0.717, 1.165) is 12.8 Å². The van der Waals surface area contributed by atoms with Crippen molar-refractivity contribution in [2.45, 2.75) is 64.5 Å². The minimum atomic E-state index is 0.0498. The van der Waals surface area contributed by atoms with Crippen molar-refractivity contribution in [3.8, 4) is 0 Å². The lowest BCUT2D eigenvalue weighted by Gasteiger charge is -2.32. The predicted molar refractivity (Wildman–Crippen MR) is 78.5 cm³/mol. The van der Waals surface area contributed by atoms with Crippen molar-refractivity contribution in [3.05, 3.63) is 15.6 Å². The van der Waals surface area contributed by atoms with Crippen molar-refractivity contribution in [1.82, 2.24) is 10.3 Å². The molecule has 1 saturated carbocycles. The van der Waals surface area contributed by atoms with Gasteiger partial charge >= 0.3 is 0 Å². The van der Waals surface area contributed by atoms with Crippen molar-refractivity contribution in [2.75, 3.05) is 6.61 Å². The van der Waals surface area contributed by atoms with Crippen molar-refractivity contribution >= 4 is 11.3 Å². The molecule has 3 unspecified atom stereocenters. The smallest absolute Gasteiger partial charge is 0.110 e. The normalized spacial score (nSPS) is 31.6. The van der Waals surface area contributed by atoms with Crippen LogP contribution in [0.4, 0.5) is 0 Å². The molecule has 1 aromatic heterocycles. The molecule has 0 aliphatic heterocycles. The quantitative estimate of drug-likeness (QED) is 0.891. The second kappa shape index (κ2) is 5.15. The average molecular weight is 280 g/mol. The van der Waals surface area contributed by atoms with Crippen LogP contribution in [0.15, 0.2) is 0 Å². The zero-order valence-electron chi connectivity index (χ0n) is 11.9. The van der Waals surface area contributed by atoms with E-state index in [2.05, 4.69) is 19.2 Å². The standard InChI is InChI=1S/C15H24N2OS/c1-10(14-17-11-5-3-6-12(11)19-14)16-13-7-4-8-15(13,2)9-18/h10,13,16,18H,3-9H2,1-2H3. The Kier molecular flexibility index (Phi) is 3.67. The molecule has 0 amide bonds. The van der Waals surface area contributed by atoms with E-state index in [-0.39, 0.29) is 12.0 Å². The second-order valence-electron chi connectivity index (χ2n) is 6.42. The largest absolute Gasteiger partial charge is 0.396 e. The molecule has 3 nitrogen and oxygen atoms in total. The van der Waals surface area contributed by atoms with Gasteiger partial charge in [-0.05, 0) is 39.0 Å². The van der Waals surface area contributed by atoms with Gasteiger partial charge < -0.3 is 10.4 Å². The molecule has 0 spiro atoms. The molecular formula is C15H24N2OS. The van der Waals surface area contributed by atoms with Gasteiger partial charge in [0, 0.05) is 22.9 Å². The van der Waals surface area contributed by atoms with Gasteiger partial charge in [-0.2, -0.15) is 0 Å². The van der Waals surface area contributed by atoms with Gasteiger partial charge in [-0.25, -0.2) is 4.98 Å². The van der Waals surface area contributed by atoms with Crippen molar-refractivity contribution in [2.24, 2.45) is 5.41 Å². The summed E-state index contributed by atoms with van der Waals surface area (Å²) in [5.74, 6) is 0. The summed E-state index contributed by atoms with van der Waals surface area (Å²) in [6.45, 7) is 4.70. The van der Waals surface area contributed by atoms with Crippen molar-refractivity contribution in [1.29, 1.82) is 0 Å². The van der Waals surface area contributed by atoms with Crippen molar-refractivity contribution < 1.29 is 5.11 Å². The summed E-state index contributed by atoms with van der Waals surface area (Å²) in [5.41, 5.74) is 1.39. The van der Waals surface area contributed by atoms with E-state index in [1.165, 1.54) is 41.3 Å². The first kappa shape index (κ1) is 13.5. The molecule has 106 valence electrons. The third-order valence-corrected chi connectivity index (χ3v) is 6.22. The summed E-state index contributed by atoms with van der Waals surface area (Å²) in [7, 11) is 0. The highest BCUT2D eigenvalue weighted by atomic mass is 32.1. The first-order valence-electron chi connectivity index (χ1n) is 7.48. The number of nitrogens with zero attached hydrogens (tertiary/aromatic N) is 1. The summed E-state index contributed by atoms with van der Waals surface area (Å²) in [6, 6.07) is 0.732. The van der Waals surface area contributed by atoms with Gasteiger partial charge in [0.15, 0.2) is 0 Å². The first-order chi connectivity index (χ1) is 9.12. The molecule has 0 saturated heterocycles. The van der Waals surface area contributed by atoms with Crippen LogP contribution < -0.4 is 5.32 Å². The van der Waals surface area contributed by atoms with Crippen LogP contribution in [-0.4, -0.2) is 22.7 Å². The van der Waals surface area contributed by atoms with Crippen LogP contribution in [0.3, 0.4) is 0 Å². The SMILES string of the molecule is CC(NC1CCCC1(C)CO)c1nc2c(s1)CCC2. The van der Waals surface area contributed by atoms with Gasteiger partial charge in [0.05, 0.1) is 11.7 Å². The molecule has 3 rings (SSSR count). The summed E-state index contributed by atoms with van der Waals surface area (Å²) >= 11 is 1.89. The summed E-state index contributed by atoms with van der Waals surface area (Å²) in [6.07, 6.45) is 7.18. The molecule has 0 radical (unpaired) electrons. The Morgan fingerprint density at radius 3 is 3.05 bits per heavy atom. The number of thiazole rings is 1. The number of aromatic nitrogens is 1. The molecule has 1 fully saturated rings. The molecule has 1 heterocycles. The first-order valence-corrected chi connectivity index (χ1v) is 8.29. The Labute approximate surface area is 119 Å². The molecule has 19 heavy (non-hydrogen) atoms. The number of aryl methyl sites for hydroxylation is 2. The van der Waals surface area contributed by atoms with E-state index < -0.39 is 0 Å². The Bertz CT molecular complexity index is 437. The molecule has 0 aromatic carbocycles. The monoisotopic (exact) mass is 280 g/mol. The van der Waals surface area contributed by atoms with Gasteiger partial charge in [0.2, 0.25) is 0 Å². The molecule has 2 aliphatic carbocycles. The average Bonchev–Trinajstić information content (AvgIpc) is 3.04. The van der Waals surface area contributed by atoms with Crippen LogP contribution in [0.25, 0.3) is 0 Å². The molecule has 0 bridgehead atoms. The zero-order chi connectivity index (χ0) is 13.5. The fraction of sp³-hybridized carbons (Fsp3) is 0.800. The van der Waals surface area contributed by atoms with Crippen LogP contribution in [-0.2, 0) is 12.8 Å². The minimum Gasteiger partial charge on any atom is -0.396 e. The lowest BCUT2D eigenvalue weighted by molar-refractivity contribution is 0.114. The van der Waals surface area contributed by atoms with E-state index in [9.17, 15) is 5.11 Å². The lowest BCUT2D eigenvalue weighted by atomic mass is 9.85. The van der Waals surface area contributed by atoms with Gasteiger partial charge in [0.25, 0.3) is 0 Å². The van der Waals surface area contributed by atoms with Gasteiger partial charge in [-0.15, -0.1) is 11.3 Å². The van der Waals surface area contributed by atoms with Crippen molar-refractivity contribution in [3.63, 3.8) is 0 Å². The Morgan fingerprint density at radius 1 is 1.47 bits per heavy atom. The van der Waals surface area contributed by atoms with E-state index in [1.807, 2.05) is 11.3 Å². The second-order valence-corrected chi connectivity index (χ2v) is 7.54. The highest BCUT2D eigenvalue weighted by molar-refractivity contribution is 7.11. The van der Waals surface area contributed by atoms with Gasteiger partial charge in [0.1, 0.15) is 5.01 Å². The maximum Gasteiger partial charge on any atom is 0.110 e. The van der Waals surface area contributed by atoms with E-state index in [1.54, 1.807) is 0 Å². The fourth-order valence-electron chi connectivity index (χ4n) is 3.48. The van der Waals surface area contributed by atoms with Gasteiger partial charge in [-0.3, -0.25) is 0 Å². The fourth-order valence-corrected chi connectivity index (χ4v) is 4.64. The molecule has 4 heteroatoms. The maximum atomic E-state index is 9.62. The predicted octanol–water partition coefficient (Wildman–Crippen LogP) is 2.83. The highest BCUT2D eigenvalue weighted by Gasteiger charge is 2.39. The van der Waals surface area contributed by atoms with Crippen LogP contribution >= 0.6 is 11.3 Å². The number of hydrogen-bond acceptors (Lipinski definition) is 4. The van der Waals surface area contributed by atoms with E-state index in [0.29, 0.717) is 12.1 Å². The topological polar surface area (TPSA) is 45.1 Å². The maximum absolute atomic E-state index is 9.62. The molecular weight excluding hydrogens is 256 g/mol. The molecule has 2 aliphatic rings. The Balaban J connectivity index is 1.69. The highest BCUT2D eigenvalue weighted by Crippen LogP contribution is 2.39. The number of fused-ring (bicyclic) bond motifs is 1. The zero-order valence-corrected chi connectivity index (χ0v) is 12.7. The third kappa shape index (κ3) is 2.46. The Hall–Kier alpha value is -0.450. The molecule has 1 aromatic rings. The number of aliphatic hydroxyl groups is 1. The van der Waals surface area contributed by atoms with E-state index >= 15 is 0 Å². The molecule has 3 atom stereocenters. The van der Waals surface area contributed by atoms with Crippen LogP contribution in [0.1, 0.15) is 61.2 Å². The third-order valence-electron chi connectivity index (χ3n) is 4.88. The Morgan fingerprint density at radius 2 is 2.32 bits per heavy atom. The van der Waals surface area contributed by atoms with Crippen LogP contribution in [0.2, 0.25) is 0 Å². The summed E-state index contributed by atoms with van der Waals surface area (Å²) < 4.78 is 0. The lowest BCUT2D eigenvalue weighted by Crippen LogP contribution is -2.42. The molecule has 2 N–H and O–H groups in total. The number of rotatable bonds is 4. The summed E-state index contributed by atoms with van der Waals surface area (Å²) in [4.78, 5) is 6.30. The van der Waals surface area contributed by atoms with Crippen LogP contribution in [0.5, 0.6) is 0 Å². The summed E-state index contributed by atoms with van der Waals surface area (Å²) in [5, 5.41) is 14.6.